The van der Waals surface area contributed by atoms with Crippen molar-refractivity contribution in [2.24, 2.45) is 5.10 Å². The first-order valence-electron chi connectivity index (χ1n) is 6.88. The summed E-state index contributed by atoms with van der Waals surface area (Å²) < 4.78 is 0. The Bertz CT molecular complexity index is 503. The molecule has 114 valence electrons. The Morgan fingerprint density at radius 3 is 2.48 bits per heavy atom. The second kappa shape index (κ2) is 9.94. The average Bonchev–Trinajstić information content (AvgIpc) is 2.44. The van der Waals surface area contributed by atoms with Crippen LogP contribution in [0.25, 0.3) is 0 Å². The molecule has 5 nitrogen and oxygen atoms in total. The fourth-order valence-corrected chi connectivity index (χ4v) is 1.91. The molecule has 0 saturated heterocycles. The summed E-state index contributed by atoms with van der Waals surface area (Å²) in [7, 11) is 0. The molecule has 0 bridgehead atoms. The molecule has 1 amide bonds. The molecule has 0 atom stereocenters. The molecule has 1 aromatic carbocycles. The number of carbonyl (C=O) groups excluding carboxylic acids is 1. The van der Waals surface area contributed by atoms with E-state index in [1.165, 1.54) is 6.21 Å². The highest BCUT2D eigenvalue weighted by molar-refractivity contribution is 6.33. The number of halogens is 1. The number of hydrogen-bond donors (Lipinski definition) is 2. The molecule has 6 heteroatoms. The molecule has 0 aliphatic carbocycles. The zero-order chi connectivity index (χ0) is 15.5. The summed E-state index contributed by atoms with van der Waals surface area (Å²) >= 11 is 5.95. The normalized spacial score (nSPS) is 10.7. The number of benzene rings is 1. The van der Waals surface area contributed by atoms with Crippen molar-refractivity contribution < 1.29 is 14.7 Å². The molecular formula is C15H19ClN2O3. The maximum atomic E-state index is 11.5. The van der Waals surface area contributed by atoms with Gasteiger partial charge in [-0.2, -0.15) is 5.10 Å². The number of amides is 1. The zero-order valence-corrected chi connectivity index (χ0v) is 12.5. The Hall–Kier alpha value is -1.88. The van der Waals surface area contributed by atoms with Gasteiger partial charge in [0.15, 0.2) is 0 Å². The van der Waals surface area contributed by atoms with Crippen molar-refractivity contribution in [2.45, 2.75) is 38.5 Å². The Kier molecular flexibility index (Phi) is 8.12. The maximum Gasteiger partial charge on any atom is 0.303 e. The van der Waals surface area contributed by atoms with Crippen molar-refractivity contribution in [3.05, 3.63) is 34.9 Å². The van der Waals surface area contributed by atoms with E-state index in [2.05, 4.69) is 10.5 Å². The van der Waals surface area contributed by atoms with Crippen LogP contribution in [-0.4, -0.2) is 23.2 Å². The fourth-order valence-electron chi connectivity index (χ4n) is 1.72. The van der Waals surface area contributed by atoms with Crippen LogP contribution in [0.4, 0.5) is 0 Å². The van der Waals surface area contributed by atoms with E-state index < -0.39 is 5.97 Å². The highest BCUT2D eigenvalue weighted by atomic mass is 35.5. The first-order chi connectivity index (χ1) is 10.1. The number of nitrogens with zero attached hydrogens (tertiary/aromatic N) is 1. The van der Waals surface area contributed by atoms with Crippen LogP contribution < -0.4 is 5.43 Å². The van der Waals surface area contributed by atoms with Gasteiger partial charge in [-0.25, -0.2) is 5.43 Å². The van der Waals surface area contributed by atoms with Crippen LogP contribution in [-0.2, 0) is 9.59 Å². The summed E-state index contributed by atoms with van der Waals surface area (Å²) in [6, 6.07) is 7.22. The van der Waals surface area contributed by atoms with Crippen LogP contribution in [0.15, 0.2) is 29.4 Å². The van der Waals surface area contributed by atoms with Crippen molar-refractivity contribution in [1.82, 2.24) is 5.43 Å². The highest BCUT2D eigenvalue weighted by Gasteiger charge is 2.01. The molecule has 0 saturated carbocycles. The number of hydrazone groups is 1. The SMILES string of the molecule is O=C(O)CCCCCCC(=O)N/N=C/c1ccccc1Cl. The molecule has 0 fully saturated rings. The fraction of sp³-hybridized carbons (Fsp3) is 0.400. The molecule has 1 aromatic rings. The minimum atomic E-state index is -0.776. The van der Waals surface area contributed by atoms with E-state index in [0.29, 0.717) is 17.9 Å². The lowest BCUT2D eigenvalue weighted by molar-refractivity contribution is -0.137. The van der Waals surface area contributed by atoms with E-state index in [9.17, 15) is 9.59 Å². The standard InChI is InChI=1S/C15H19ClN2O3/c16-13-8-6-5-7-12(13)11-17-18-14(19)9-3-1-2-4-10-15(20)21/h5-8,11H,1-4,9-10H2,(H,18,19)(H,20,21)/b17-11+. The number of rotatable bonds is 9. The first kappa shape index (κ1) is 17.2. The van der Waals surface area contributed by atoms with Gasteiger partial charge in [0.2, 0.25) is 5.91 Å². The summed E-state index contributed by atoms with van der Waals surface area (Å²) in [4.78, 5) is 21.8. The summed E-state index contributed by atoms with van der Waals surface area (Å²) in [5.74, 6) is -0.932. The molecule has 21 heavy (non-hydrogen) atoms. The van der Waals surface area contributed by atoms with Gasteiger partial charge in [-0.05, 0) is 18.9 Å². The Morgan fingerprint density at radius 1 is 1.14 bits per heavy atom. The van der Waals surface area contributed by atoms with E-state index in [1.807, 2.05) is 12.1 Å². The largest absolute Gasteiger partial charge is 0.481 e. The van der Waals surface area contributed by atoms with Gasteiger partial charge in [-0.3, -0.25) is 9.59 Å². The molecule has 0 aliphatic heterocycles. The van der Waals surface area contributed by atoms with Crippen LogP contribution in [0.2, 0.25) is 5.02 Å². The number of carboxylic acids is 1. The molecule has 2 N–H and O–H groups in total. The van der Waals surface area contributed by atoms with Crippen molar-refractivity contribution in [3.63, 3.8) is 0 Å². The number of carboxylic acid groups (broad SMARTS) is 1. The van der Waals surface area contributed by atoms with Crippen LogP contribution in [0.5, 0.6) is 0 Å². The van der Waals surface area contributed by atoms with E-state index in [-0.39, 0.29) is 12.3 Å². The predicted molar refractivity (Wildman–Crippen MR) is 82.5 cm³/mol. The third-order valence-corrected chi connectivity index (χ3v) is 3.19. The van der Waals surface area contributed by atoms with Gasteiger partial charge in [-0.15, -0.1) is 0 Å². The van der Waals surface area contributed by atoms with E-state index in [4.69, 9.17) is 16.7 Å². The van der Waals surface area contributed by atoms with Gasteiger partial charge in [0, 0.05) is 23.4 Å². The van der Waals surface area contributed by atoms with Gasteiger partial charge in [0.25, 0.3) is 0 Å². The van der Waals surface area contributed by atoms with E-state index in [1.54, 1.807) is 12.1 Å². The topological polar surface area (TPSA) is 78.8 Å². The third kappa shape index (κ3) is 8.09. The van der Waals surface area contributed by atoms with Gasteiger partial charge >= 0.3 is 5.97 Å². The molecular weight excluding hydrogens is 292 g/mol. The third-order valence-electron chi connectivity index (χ3n) is 2.84. The summed E-state index contributed by atoms with van der Waals surface area (Å²) in [6.45, 7) is 0. The van der Waals surface area contributed by atoms with Gasteiger partial charge in [0.1, 0.15) is 0 Å². The number of carbonyl (C=O) groups is 2. The molecule has 0 aliphatic rings. The summed E-state index contributed by atoms with van der Waals surface area (Å²) in [5.41, 5.74) is 3.19. The minimum absolute atomic E-state index is 0.156. The number of nitrogens with one attached hydrogen (secondary N) is 1. The van der Waals surface area contributed by atoms with E-state index in [0.717, 1.165) is 24.8 Å². The first-order valence-corrected chi connectivity index (χ1v) is 7.25. The minimum Gasteiger partial charge on any atom is -0.481 e. The molecule has 0 radical (unpaired) electrons. The van der Waals surface area contributed by atoms with Crippen molar-refractivity contribution >= 4 is 29.7 Å². The van der Waals surface area contributed by atoms with Gasteiger partial charge in [-0.1, -0.05) is 42.6 Å². The lowest BCUT2D eigenvalue weighted by atomic mass is 10.1. The predicted octanol–water partition coefficient (Wildman–Crippen LogP) is 3.22. The van der Waals surface area contributed by atoms with Gasteiger partial charge in [0.05, 0.1) is 6.21 Å². The average molecular weight is 311 g/mol. The second-order valence-electron chi connectivity index (χ2n) is 4.62. The summed E-state index contributed by atoms with van der Waals surface area (Å²) in [6.07, 6.45) is 5.13. The molecule has 0 unspecified atom stereocenters. The molecule has 0 heterocycles. The van der Waals surface area contributed by atoms with Crippen LogP contribution >= 0.6 is 11.6 Å². The zero-order valence-electron chi connectivity index (χ0n) is 11.7. The monoisotopic (exact) mass is 310 g/mol. The Morgan fingerprint density at radius 2 is 1.81 bits per heavy atom. The summed E-state index contributed by atoms with van der Waals surface area (Å²) in [5, 5.41) is 12.9. The molecule has 0 spiro atoms. The quantitative estimate of drug-likeness (QED) is 0.417. The Balaban J connectivity index is 2.14. The molecule has 0 aromatic heterocycles. The maximum absolute atomic E-state index is 11.5. The molecule has 1 rings (SSSR count). The smallest absolute Gasteiger partial charge is 0.303 e. The highest BCUT2D eigenvalue weighted by Crippen LogP contribution is 2.12. The van der Waals surface area contributed by atoms with Crippen LogP contribution in [0, 0.1) is 0 Å². The van der Waals surface area contributed by atoms with Crippen LogP contribution in [0.1, 0.15) is 44.1 Å². The van der Waals surface area contributed by atoms with Crippen molar-refractivity contribution in [2.75, 3.05) is 0 Å². The lowest BCUT2D eigenvalue weighted by Crippen LogP contribution is -2.16. The van der Waals surface area contributed by atoms with Crippen LogP contribution in [0.3, 0.4) is 0 Å². The van der Waals surface area contributed by atoms with Crippen molar-refractivity contribution in [3.8, 4) is 0 Å². The lowest BCUT2D eigenvalue weighted by Gasteiger charge is -2.01. The number of hydrogen-bond acceptors (Lipinski definition) is 3. The second-order valence-corrected chi connectivity index (χ2v) is 5.03. The van der Waals surface area contributed by atoms with Gasteiger partial charge < -0.3 is 5.11 Å². The number of unbranched alkanes of at least 4 members (excludes halogenated alkanes) is 3. The van der Waals surface area contributed by atoms with E-state index >= 15 is 0 Å². The number of aliphatic carboxylic acids is 1. The Labute approximate surface area is 129 Å². The van der Waals surface area contributed by atoms with Crippen molar-refractivity contribution in [1.29, 1.82) is 0 Å².